The van der Waals surface area contributed by atoms with Gasteiger partial charge < -0.3 is 14.4 Å². The molecule has 3 aliphatic rings. The van der Waals surface area contributed by atoms with Crippen LogP contribution in [0.4, 0.5) is 5.69 Å². The molecule has 2 saturated heterocycles. The van der Waals surface area contributed by atoms with E-state index in [0.29, 0.717) is 9.23 Å². The molecular weight excluding hydrogens is 456 g/mol. The Labute approximate surface area is 202 Å². The number of hydrogen-bond acceptors (Lipinski definition) is 7. The molecule has 33 heavy (non-hydrogen) atoms. The fraction of sp³-hybridized carbons (Fsp3) is 0.400. The van der Waals surface area contributed by atoms with Gasteiger partial charge in [-0.3, -0.25) is 14.5 Å². The zero-order valence-corrected chi connectivity index (χ0v) is 19.9. The standard InChI is InChI=1S/C25H26N2O4S2/c28-21-12-20(31-15-22(21)29)14-27-24(30)23(33-25(27)32)11-16-5-7-19(8-6-16)26-10-9-17-3-1-2-4-18(17)13-26/h5-8,11-12,15,17-18,29H,1-4,9-10,13-14H2/t17-,18-/m1/s1. The van der Waals surface area contributed by atoms with Gasteiger partial charge in [-0.05, 0) is 48.4 Å². The summed E-state index contributed by atoms with van der Waals surface area (Å²) in [6.07, 6.45) is 9.63. The lowest BCUT2D eigenvalue weighted by atomic mass is 9.75. The first-order chi connectivity index (χ1) is 16.0. The van der Waals surface area contributed by atoms with Crippen molar-refractivity contribution in [1.82, 2.24) is 4.90 Å². The third kappa shape index (κ3) is 4.73. The van der Waals surface area contributed by atoms with Gasteiger partial charge in [0.05, 0.1) is 11.4 Å². The number of fused-ring (bicyclic) bond motifs is 1. The Morgan fingerprint density at radius 2 is 1.88 bits per heavy atom. The molecule has 3 heterocycles. The number of anilines is 1. The molecule has 5 rings (SSSR count). The van der Waals surface area contributed by atoms with Crippen LogP contribution in [0.5, 0.6) is 5.75 Å². The van der Waals surface area contributed by atoms with Gasteiger partial charge in [0, 0.05) is 24.8 Å². The molecule has 1 aromatic carbocycles. The van der Waals surface area contributed by atoms with Gasteiger partial charge in [-0.15, -0.1) is 0 Å². The number of rotatable bonds is 4. The van der Waals surface area contributed by atoms with Crippen LogP contribution in [-0.2, 0) is 11.3 Å². The number of carbonyl (C=O) groups is 1. The first-order valence-electron chi connectivity index (χ1n) is 11.4. The van der Waals surface area contributed by atoms with Crippen LogP contribution in [0.25, 0.3) is 6.08 Å². The van der Waals surface area contributed by atoms with Crippen molar-refractivity contribution in [3.63, 3.8) is 0 Å². The molecule has 0 spiro atoms. The van der Waals surface area contributed by atoms with Crippen LogP contribution in [0.3, 0.4) is 0 Å². The molecular formula is C25H26N2O4S2. The summed E-state index contributed by atoms with van der Waals surface area (Å²) in [6, 6.07) is 9.55. The maximum atomic E-state index is 12.9. The summed E-state index contributed by atoms with van der Waals surface area (Å²) < 4.78 is 5.63. The molecule has 172 valence electrons. The first-order valence-corrected chi connectivity index (χ1v) is 12.6. The van der Waals surface area contributed by atoms with Gasteiger partial charge >= 0.3 is 0 Å². The van der Waals surface area contributed by atoms with E-state index in [-0.39, 0.29) is 18.2 Å². The van der Waals surface area contributed by atoms with Crippen molar-refractivity contribution in [1.29, 1.82) is 0 Å². The third-order valence-corrected chi connectivity index (χ3v) is 8.28. The molecule has 6 nitrogen and oxygen atoms in total. The minimum absolute atomic E-state index is 0.0492. The van der Waals surface area contributed by atoms with E-state index >= 15 is 0 Å². The van der Waals surface area contributed by atoms with Crippen molar-refractivity contribution in [3.8, 4) is 5.75 Å². The van der Waals surface area contributed by atoms with Gasteiger partial charge in [-0.1, -0.05) is 55.4 Å². The highest BCUT2D eigenvalue weighted by Gasteiger charge is 2.33. The number of thioether (sulfide) groups is 1. The molecule has 0 bridgehead atoms. The summed E-state index contributed by atoms with van der Waals surface area (Å²) in [5.74, 6) is 1.32. The van der Waals surface area contributed by atoms with E-state index in [1.165, 1.54) is 60.5 Å². The maximum absolute atomic E-state index is 12.9. The molecule has 3 fully saturated rings. The van der Waals surface area contributed by atoms with Crippen molar-refractivity contribution in [2.75, 3.05) is 18.0 Å². The number of amides is 1. The fourth-order valence-electron chi connectivity index (χ4n) is 5.09. The van der Waals surface area contributed by atoms with Gasteiger partial charge in [0.1, 0.15) is 16.3 Å². The zero-order chi connectivity index (χ0) is 22.9. The number of aromatic hydroxyl groups is 1. The number of nitrogens with zero attached hydrogens (tertiary/aromatic N) is 2. The van der Waals surface area contributed by atoms with E-state index in [0.717, 1.165) is 36.8 Å². The molecule has 2 atom stereocenters. The van der Waals surface area contributed by atoms with E-state index in [1.807, 2.05) is 18.2 Å². The van der Waals surface area contributed by atoms with Gasteiger partial charge in [0.25, 0.3) is 5.91 Å². The van der Waals surface area contributed by atoms with Crippen molar-refractivity contribution in [2.24, 2.45) is 11.8 Å². The third-order valence-electron chi connectivity index (χ3n) is 6.90. The summed E-state index contributed by atoms with van der Waals surface area (Å²) in [5.41, 5.74) is 1.64. The zero-order valence-electron chi connectivity index (χ0n) is 18.2. The smallest absolute Gasteiger partial charge is 0.266 e. The van der Waals surface area contributed by atoms with Crippen LogP contribution in [0, 0.1) is 11.8 Å². The lowest BCUT2D eigenvalue weighted by Gasteiger charge is -2.42. The second-order valence-corrected chi connectivity index (χ2v) is 10.7. The monoisotopic (exact) mass is 482 g/mol. The molecule has 0 radical (unpaired) electrons. The van der Waals surface area contributed by atoms with E-state index < -0.39 is 11.2 Å². The minimum atomic E-state index is -0.551. The Kier molecular flexibility index (Phi) is 6.29. The normalized spacial score (nSPS) is 24.4. The second kappa shape index (κ2) is 9.35. The Hall–Kier alpha value is -2.58. The summed E-state index contributed by atoms with van der Waals surface area (Å²) in [5, 5.41) is 9.34. The fourth-order valence-corrected chi connectivity index (χ4v) is 6.34. The lowest BCUT2D eigenvalue weighted by Crippen LogP contribution is -2.41. The maximum Gasteiger partial charge on any atom is 0.266 e. The molecule has 1 saturated carbocycles. The average Bonchev–Trinajstić information content (AvgIpc) is 3.09. The Bertz CT molecular complexity index is 1160. The number of thiocarbonyl (C=S) groups is 1. The van der Waals surface area contributed by atoms with Gasteiger partial charge in [0.15, 0.2) is 5.75 Å². The minimum Gasteiger partial charge on any atom is -0.502 e. The summed E-state index contributed by atoms with van der Waals surface area (Å²) >= 11 is 6.61. The van der Waals surface area contributed by atoms with Gasteiger partial charge in [-0.2, -0.15) is 0 Å². The van der Waals surface area contributed by atoms with E-state index in [1.54, 1.807) is 0 Å². The van der Waals surface area contributed by atoms with Crippen molar-refractivity contribution < 1.29 is 14.3 Å². The van der Waals surface area contributed by atoms with E-state index in [4.69, 9.17) is 16.6 Å². The van der Waals surface area contributed by atoms with Gasteiger partial charge in [0.2, 0.25) is 5.43 Å². The number of benzene rings is 1. The molecule has 2 aliphatic heterocycles. The average molecular weight is 483 g/mol. The first kappa shape index (κ1) is 22.2. The number of piperidine rings is 1. The highest BCUT2D eigenvalue weighted by atomic mass is 32.2. The summed E-state index contributed by atoms with van der Waals surface area (Å²) in [7, 11) is 0. The molecule has 2 aromatic rings. The molecule has 0 unspecified atom stereocenters. The Balaban J connectivity index is 1.26. The van der Waals surface area contributed by atoms with Crippen molar-refractivity contribution in [2.45, 2.75) is 38.6 Å². The summed E-state index contributed by atoms with van der Waals surface area (Å²) in [4.78, 5) is 29.0. The highest BCUT2D eigenvalue weighted by Crippen LogP contribution is 2.38. The second-order valence-electron chi connectivity index (χ2n) is 8.99. The quantitative estimate of drug-likeness (QED) is 0.497. The Morgan fingerprint density at radius 3 is 2.64 bits per heavy atom. The van der Waals surface area contributed by atoms with Gasteiger partial charge in [-0.25, -0.2) is 0 Å². The van der Waals surface area contributed by atoms with Crippen molar-refractivity contribution in [3.05, 3.63) is 63.0 Å². The summed E-state index contributed by atoms with van der Waals surface area (Å²) in [6.45, 7) is 2.32. The largest absolute Gasteiger partial charge is 0.502 e. The number of hydrogen-bond donors (Lipinski definition) is 1. The predicted octanol–water partition coefficient (Wildman–Crippen LogP) is 4.76. The van der Waals surface area contributed by atoms with Crippen LogP contribution in [0.2, 0.25) is 0 Å². The Morgan fingerprint density at radius 1 is 1.12 bits per heavy atom. The molecule has 1 N–H and O–H groups in total. The van der Waals surface area contributed by atoms with Crippen LogP contribution in [-0.4, -0.2) is 33.3 Å². The SMILES string of the molecule is O=C1C(=Cc2ccc(N3CC[C@H]4CCCC[C@@H]4C3)cc2)SC(=S)N1Cc1cc(=O)c(O)co1. The van der Waals surface area contributed by atoms with Crippen LogP contribution >= 0.6 is 24.0 Å². The topological polar surface area (TPSA) is 74.0 Å². The molecule has 1 aliphatic carbocycles. The number of carbonyl (C=O) groups excluding carboxylic acids is 1. The molecule has 8 heteroatoms. The van der Waals surface area contributed by atoms with Crippen molar-refractivity contribution >= 4 is 46.0 Å². The van der Waals surface area contributed by atoms with Crippen LogP contribution in [0.1, 0.15) is 43.4 Å². The molecule has 1 aromatic heterocycles. The predicted molar refractivity (Wildman–Crippen MR) is 134 cm³/mol. The lowest BCUT2D eigenvalue weighted by molar-refractivity contribution is -0.122. The van der Waals surface area contributed by atoms with Crippen LogP contribution < -0.4 is 10.3 Å². The van der Waals surface area contributed by atoms with E-state index in [9.17, 15) is 14.7 Å². The van der Waals surface area contributed by atoms with E-state index in [2.05, 4.69) is 17.0 Å². The molecule has 1 amide bonds. The highest BCUT2D eigenvalue weighted by molar-refractivity contribution is 8.26. The van der Waals surface area contributed by atoms with Crippen LogP contribution in [0.15, 0.2) is 50.7 Å².